The molecular weight excluding hydrogens is 927 g/mol. The van der Waals surface area contributed by atoms with E-state index in [4.69, 9.17) is 18.9 Å². The number of unbranched alkanes of at least 4 members (excludes halogenated alkanes) is 5. The average Bonchev–Trinajstić information content (AvgIpc) is 3.74. The molecule has 3 rings (SSSR count). The van der Waals surface area contributed by atoms with Gasteiger partial charge >= 0.3 is 29.9 Å². The zero-order chi connectivity index (χ0) is 53.3. The maximum Gasteiger partial charge on any atom is 0.329 e. The number of aromatic nitrogens is 3. The minimum atomic E-state index is -1.19. The van der Waals surface area contributed by atoms with Gasteiger partial charge in [-0.2, -0.15) is 0 Å². The molecule has 72 heavy (non-hydrogen) atoms. The lowest BCUT2D eigenvalue weighted by Crippen LogP contribution is -2.53. The molecule has 19 heteroatoms. The standard InChI is InChI=1S/C53H79N7O12/c1-51(2,3)70-45(62)30-29-41(49(67)72-53(7,8)9)57-50(68)56-40(48(66)71-52(4,5)6)27-20-21-31-60-35-39(58-59-60)36-69-32-22-12-10-11-19-28-44(61)54-42(33-37-23-15-13-16-24-37)46(63)55-43(47(64)65)34-38-25-17-14-18-26-38/h13-18,23-26,35,40-43H,10-12,19-22,27-34,36H2,1-9H3,(H,54,61)(H,55,63)(H,64,65)(H2,56,57,68)/t40?,41-,42-,43-/m0/s1. The van der Waals surface area contributed by atoms with Crippen molar-refractivity contribution >= 4 is 41.7 Å². The smallest absolute Gasteiger partial charge is 0.329 e. The Bertz CT molecular complexity index is 2160. The Morgan fingerprint density at radius 3 is 1.67 bits per heavy atom. The van der Waals surface area contributed by atoms with Gasteiger partial charge in [0.15, 0.2) is 0 Å². The number of amides is 4. The molecule has 0 spiro atoms. The van der Waals surface area contributed by atoms with Crippen LogP contribution in [0.4, 0.5) is 4.79 Å². The molecule has 3 aromatic rings. The van der Waals surface area contributed by atoms with E-state index in [0.717, 1.165) is 36.8 Å². The third-order valence-corrected chi connectivity index (χ3v) is 10.5. The molecule has 4 atom stereocenters. The van der Waals surface area contributed by atoms with Gasteiger partial charge in [-0.05, 0) is 112 Å². The van der Waals surface area contributed by atoms with Crippen molar-refractivity contribution < 1.29 is 57.6 Å². The monoisotopic (exact) mass is 1010 g/mol. The molecule has 0 aliphatic carbocycles. The number of aryl methyl sites for hydroxylation is 1. The van der Waals surface area contributed by atoms with Crippen molar-refractivity contribution in [2.24, 2.45) is 0 Å². The highest BCUT2D eigenvalue weighted by Gasteiger charge is 2.32. The van der Waals surface area contributed by atoms with Gasteiger partial charge in [-0.1, -0.05) is 85.1 Å². The largest absolute Gasteiger partial charge is 0.480 e. The molecule has 19 nitrogen and oxygen atoms in total. The second kappa shape index (κ2) is 29.8. The van der Waals surface area contributed by atoms with Crippen LogP contribution in [-0.2, 0) is 73.7 Å². The van der Waals surface area contributed by atoms with Crippen LogP contribution in [0, 0.1) is 0 Å². The summed E-state index contributed by atoms with van der Waals surface area (Å²) in [7, 11) is 0. The summed E-state index contributed by atoms with van der Waals surface area (Å²) >= 11 is 0. The molecule has 1 heterocycles. The van der Waals surface area contributed by atoms with Crippen LogP contribution in [0.2, 0.25) is 0 Å². The molecule has 398 valence electrons. The van der Waals surface area contributed by atoms with E-state index in [1.807, 2.05) is 48.5 Å². The molecule has 0 radical (unpaired) electrons. The highest BCUT2D eigenvalue weighted by molar-refractivity contribution is 5.91. The number of rotatable bonds is 30. The fraction of sp³-hybridized carbons (Fsp3) is 0.604. The van der Waals surface area contributed by atoms with Gasteiger partial charge in [0.1, 0.15) is 46.7 Å². The number of esters is 3. The lowest BCUT2D eigenvalue weighted by atomic mass is 10.0. The molecule has 0 aliphatic heterocycles. The summed E-state index contributed by atoms with van der Waals surface area (Å²) in [4.78, 5) is 90.5. The van der Waals surface area contributed by atoms with Gasteiger partial charge in [0.2, 0.25) is 11.8 Å². The number of carboxylic acid groups (broad SMARTS) is 1. The van der Waals surface area contributed by atoms with E-state index < -0.39 is 76.8 Å². The molecular formula is C53H79N7O12. The third-order valence-electron chi connectivity index (χ3n) is 10.5. The fourth-order valence-electron chi connectivity index (χ4n) is 7.24. The summed E-state index contributed by atoms with van der Waals surface area (Å²) in [6.07, 6.45) is 7.48. The molecule has 0 saturated heterocycles. The van der Waals surface area contributed by atoms with Crippen molar-refractivity contribution in [3.63, 3.8) is 0 Å². The Kier molecular flexibility index (Phi) is 24.8. The molecule has 1 aromatic heterocycles. The third kappa shape index (κ3) is 26.2. The predicted octanol–water partition coefficient (Wildman–Crippen LogP) is 6.69. The van der Waals surface area contributed by atoms with Crippen molar-refractivity contribution in [1.29, 1.82) is 0 Å². The zero-order valence-corrected chi connectivity index (χ0v) is 43.8. The van der Waals surface area contributed by atoms with Crippen LogP contribution in [0.1, 0.15) is 150 Å². The van der Waals surface area contributed by atoms with Gasteiger partial charge in [0.25, 0.3) is 0 Å². The van der Waals surface area contributed by atoms with Crippen LogP contribution in [0.5, 0.6) is 0 Å². The Hall–Kier alpha value is -6.37. The number of urea groups is 1. The number of hydrogen-bond acceptors (Lipinski definition) is 13. The summed E-state index contributed by atoms with van der Waals surface area (Å²) < 4.78 is 24.0. The predicted molar refractivity (Wildman–Crippen MR) is 269 cm³/mol. The van der Waals surface area contributed by atoms with Crippen LogP contribution in [-0.4, -0.2) is 109 Å². The Morgan fingerprint density at radius 2 is 1.11 bits per heavy atom. The Morgan fingerprint density at radius 1 is 0.583 bits per heavy atom. The Balaban J connectivity index is 1.39. The highest BCUT2D eigenvalue weighted by atomic mass is 16.6. The van der Waals surface area contributed by atoms with Gasteiger partial charge in [-0.15, -0.1) is 5.10 Å². The summed E-state index contributed by atoms with van der Waals surface area (Å²) in [5.41, 5.74) is -0.136. The van der Waals surface area contributed by atoms with E-state index in [1.54, 1.807) is 85.3 Å². The van der Waals surface area contributed by atoms with Crippen molar-refractivity contribution in [1.82, 2.24) is 36.3 Å². The first kappa shape index (κ1) is 59.9. The van der Waals surface area contributed by atoms with E-state index in [9.17, 15) is 38.7 Å². The maximum absolute atomic E-state index is 13.4. The number of carbonyl (C=O) groups excluding carboxylic acids is 6. The second-order valence-electron chi connectivity index (χ2n) is 20.9. The van der Waals surface area contributed by atoms with Crippen molar-refractivity contribution in [2.45, 2.75) is 200 Å². The lowest BCUT2D eigenvalue weighted by Gasteiger charge is -2.27. The topological polar surface area (TPSA) is 255 Å². The van der Waals surface area contributed by atoms with Crippen LogP contribution in [0.3, 0.4) is 0 Å². The number of nitrogens with one attached hydrogen (secondary N) is 4. The van der Waals surface area contributed by atoms with Gasteiger partial charge in [-0.3, -0.25) is 19.1 Å². The first-order chi connectivity index (χ1) is 33.9. The van der Waals surface area contributed by atoms with E-state index >= 15 is 0 Å². The van der Waals surface area contributed by atoms with Gasteiger partial charge in [0.05, 0.1) is 12.8 Å². The fourth-order valence-corrected chi connectivity index (χ4v) is 7.24. The quantitative estimate of drug-likeness (QED) is 0.0265. The SMILES string of the molecule is CC(C)(C)OC(=O)CC[C@H](NC(=O)NC(CCCCn1cc(COCCCCCCCC(=O)N[C@@H](Cc2ccccc2)C(=O)N[C@@H](Cc2ccccc2)C(=O)O)nn1)C(=O)OC(C)(C)C)C(=O)OC(C)(C)C. The number of benzene rings is 2. The van der Waals surface area contributed by atoms with Crippen LogP contribution in [0.25, 0.3) is 0 Å². The summed E-state index contributed by atoms with van der Waals surface area (Å²) in [6.45, 7) is 16.7. The molecule has 1 unspecified atom stereocenters. The lowest BCUT2D eigenvalue weighted by molar-refractivity contribution is -0.159. The van der Waals surface area contributed by atoms with E-state index in [-0.39, 0.29) is 51.0 Å². The van der Waals surface area contributed by atoms with Crippen LogP contribution >= 0.6 is 0 Å². The van der Waals surface area contributed by atoms with E-state index in [0.29, 0.717) is 38.1 Å². The van der Waals surface area contributed by atoms with Gasteiger partial charge in [-0.25, -0.2) is 19.2 Å². The average molecular weight is 1010 g/mol. The number of ether oxygens (including phenoxy) is 4. The number of nitrogens with zero attached hydrogens (tertiary/aromatic N) is 3. The molecule has 5 N–H and O–H groups in total. The van der Waals surface area contributed by atoms with Crippen molar-refractivity contribution in [2.75, 3.05) is 6.61 Å². The summed E-state index contributed by atoms with van der Waals surface area (Å²) in [5.74, 6) is -3.89. The highest BCUT2D eigenvalue weighted by Crippen LogP contribution is 2.16. The first-order valence-corrected chi connectivity index (χ1v) is 25.0. The molecule has 4 amide bonds. The Labute approximate surface area is 424 Å². The second-order valence-corrected chi connectivity index (χ2v) is 20.9. The van der Waals surface area contributed by atoms with E-state index in [1.165, 1.54) is 0 Å². The number of hydrogen-bond donors (Lipinski definition) is 5. The first-order valence-electron chi connectivity index (χ1n) is 25.0. The number of aliphatic carboxylic acids is 1. The molecule has 0 bridgehead atoms. The molecule has 0 aliphatic rings. The summed E-state index contributed by atoms with van der Waals surface area (Å²) in [5, 5.41) is 28.9. The van der Waals surface area contributed by atoms with Crippen molar-refractivity contribution in [3.8, 4) is 0 Å². The molecule has 0 fully saturated rings. The minimum absolute atomic E-state index is 0.0799. The van der Waals surface area contributed by atoms with Gasteiger partial charge in [0, 0.05) is 38.8 Å². The molecule has 0 saturated carbocycles. The maximum atomic E-state index is 13.4. The van der Waals surface area contributed by atoms with Crippen LogP contribution < -0.4 is 21.3 Å². The summed E-state index contributed by atoms with van der Waals surface area (Å²) in [6, 6.07) is 13.2. The molecule has 2 aromatic carbocycles. The number of carboxylic acids is 1. The number of carbonyl (C=O) groups is 7. The van der Waals surface area contributed by atoms with Crippen molar-refractivity contribution in [3.05, 3.63) is 83.7 Å². The van der Waals surface area contributed by atoms with Gasteiger partial charge < -0.3 is 45.3 Å². The zero-order valence-electron chi connectivity index (χ0n) is 43.8. The minimum Gasteiger partial charge on any atom is -0.480 e. The van der Waals surface area contributed by atoms with Crippen LogP contribution in [0.15, 0.2) is 66.9 Å². The normalized spacial score (nSPS) is 13.4. The van der Waals surface area contributed by atoms with E-state index in [2.05, 4.69) is 31.6 Å².